The van der Waals surface area contributed by atoms with E-state index in [1.54, 1.807) is 19.1 Å². The lowest BCUT2D eigenvalue weighted by molar-refractivity contribution is 0.0507. The van der Waals surface area contributed by atoms with Gasteiger partial charge in [-0.15, -0.1) is 0 Å². The third-order valence-electron chi connectivity index (χ3n) is 3.91. The predicted octanol–water partition coefficient (Wildman–Crippen LogP) is 3.16. The number of fused-ring (bicyclic) bond motifs is 1. The lowest BCUT2D eigenvalue weighted by Gasteiger charge is -2.17. The van der Waals surface area contributed by atoms with E-state index in [0.29, 0.717) is 18.6 Å². The Morgan fingerprint density at radius 1 is 1.48 bits per heavy atom. The summed E-state index contributed by atoms with van der Waals surface area (Å²) in [5.74, 6) is -0.697. The zero-order valence-electron chi connectivity index (χ0n) is 13.7. The highest BCUT2D eigenvalue weighted by Gasteiger charge is 2.29. The van der Waals surface area contributed by atoms with Gasteiger partial charge in [0.15, 0.2) is 5.65 Å². The molecule has 0 bridgehead atoms. The van der Waals surface area contributed by atoms with E-state index in [2.05, 4.69) is 9.97 Å². The van der Waals surface area contributed by atoms with Crippen LogP contribution in [0.3, 0.4) is 0 Å². The first-order valence-electron chi connectivity index (χ1n) is 8.06. The quantitative estimate of drug-likeness (QED) is 0.744. The Morgan fingerprint density at radius 2 is 2.32 bits per heavy atom. The van der Waals surface area contributed by atoms with Gasteiger partial charge in [-0.1, -0.05) is 0 Å². The maximum Gasteiger partial charge on any atom is 0.344 e. The molecule has 8 heteroatoms. The molecule has 0 amide bonds. The van der Waals surface area contributed by atoms with Crippen molar-refractivity contribution in [1.82, 2.24) is 9.97 Å². The molecular formula is C17H18F2N2O4. The normalized spacial score (nSPS) is 17.2. The van der Waals surface area contributed by atoms with Crippen LogP contribution in [0.4, 0.5) is 8.78 Å². The van der Waals surface area contributed by atoms with Crippen molar-refractivity contribution in [2.75, 3.05) is 26.4 Å². The van der Waals surface area contributed by atoms with Gasteiger partial charge in [0.2, 0.25) is 0 Å². The maximum atomic E-state index is 13.5. The number of hydrogen-bond acceptors (Lipinski definition) is 6. The summed E-state index contributed by atoms with van der Waals surface area (Å²) < 4.78 is 43.0. The first kappa shape index (κ1) is 17.5. The Bertz CT molecular complexity index is 764. The van der Waals surface area contributed by atoms with Crippen molar-refractivity contribution in [3.05, 3.63) is 29.6 Å². The van der Waals surface area contributed by atoms with Crippen LogP contribution in [0.15, 0.2) is 18.3 Å². The summed E-state index contributed by atoms with van der Waals surface area (Å²) in [6.07, 6.45) is -0.691. The van der Waals surface area contributed by atoms with E-state index in [1.807, 2.05) is 0 Å². The van der Waals surface area contributed by atoms with E-state index in [9.17, 15) is 13.6 Å². The zero-order chi connectivity index (χ0) is 17.8. The van der Waals surface area contributed by atoms with Gasteiger partial charge in [-0.3, -0.25) is 0 Å². The fourth-order valence-electron chi connectivity index (χ4n) is 2.71. The lowest BCUT2D eigenvalue weighted by Crippen LogP contribution is -2.17. The number of carbonyl (C=O) groups excluding carboxylic acids is 1. The minimum absolute atomic E-state index is 0.0405. The van der Waals surface area contributed by atoms with Crippen molar-refractivity contribution < 1.29 is 27.8 Å². The molecule has 0 N–H and O–H groups in total. The number of nitrogens with zero attached hydrogens (tertiary/aromatic N) is 2. The Labute approximate surface area is 143 Å². The summed E-state index contributed by atoms with van der Waals surface area (Å²) in [6.45, 7) is 3.09. The number of hydrogen-bond donors (Lipinski definition) is 0. The molecule has 6 nitrogen and oxygen atoms in total. The fraction of sp³-hybridized carbons (Fsp3) is 0.471. The fourth-order valence-corrected chi connectivity index (χ4v) is 2.71. The van der Waals surface area contributed by atoms with Gasteiger partial charge in [0.05, 0.1) is 25.2 Å². The molecule has 0 radical (unpaired) electrons. The lowest BCUT2D eigenvalue weighted by atomic mass is 10.1. The molecular weight excluding hydrogens is 334 g/mol. The number of rotatable bonds is 6. The van der Waals surface area contributed by atoms with Crippen LogP contribution in [0, 0.1) is 5.92 Å². The van der Waals surface area contributed by atoms with Gasteiger partial charge in [-0.05, 0) is 25.5 Å². The van der Waals surface area contributed by atoms with Gasteiger partial charge < -0.3 is 14.2 Å². The predicted molar refractivity (Wildman–Crippen MR) is 84.9 cm³/mol. The summed E-state index contributed by atoms with van der Waals surface area (Å²) in [7, 11) is 0. The topological polar surface area (TPSA) is 70.5 Å². The van der Waals surface area contributed by atoms with Crippen LogP contribution in [0.5, 0.6) is 5.75 Å². The standard InChI is InChI=1S/C17H18F2N2O4/c1-2-24-17(22)12-13(15(18)19)21-16-11(4-3-6-20-16)14(12)25-9-10-5-7-23-8-10/h3-4,6,10,15H,2,5,7-9H2,1H3. The molecule has 3 rings (SSSR count). The molecule has 1 atom stereocenters. The van der Waals surface area contributed by atoms with Crippen molar-refractivity contribution in [1.29, 1.82) is 0 Å². The molecule has 3 heterocycles. The van der Waals surface area contributed by atoms with E-state index in [0.717, 1.165) is 6.42 Å². The van der Waals surface area contributed by atoms with Crippen molar-refractivity contribution in [2.24, 2.45) is 5.92 Å². The molecule has 0 aromatic carbocycles. The molecule has 1 aliphatic heterocycles. The monoisotopic (exact) mass is 352 g/mol. The average molecular weight is 352 g/mol. The molecule has 134 valence electrons. The Balaban J connectivity index is 2.10. The van der Waals surface area contributed by atoms with Crippen molar-refractivity contribution >= 4 is 17.0 Å². The first-order valence-corrected chi connectivity index (χ1v) is 8.06. The number of esters is 1. The molecule has 2 aromatic heterocycles. The van der Waals surface area contributed by atoms with Crippen molar-refractivity contribution in [2.45, 2.75) is 19.8 Å². The summed E-state index contributed by atoms with van der Waals surface area (Å²) in [6, 6.07) is 3.26. The van der Waals surface area contributed by atoms with Crippen LogP contribution in [-0.2, 0) is 9.47 Å². The molecule has 0 saturated carbocycles. The van der Waals surface area contributed by atoms with Crippen molar-refractivity contribution in [3.63, 3.8) is 0 Å². The van der Waals surface area contributed by atoms with Crippen LogP contribution in [-0.4, -0.2) is 42.4 Å². The minimum atomic E-state index is -2.96. The molecule has 1 saturated heterocycles. The van der Waals surface area contributed by atoms with E-state index in [4.69, 9.17) is 14.2 Å². The number of ether oxygens (including phenoxy) is 3. The van der Waals surface area contributed by atoms with Crippen LogP contribution < -0.4 is 4.74 Å². The average Bonchev–Trinajstić information content (AvgIpc) is 3.12. The summed E-state index contributed by atoms with van der Waals surface area (Å²) >= 11 is 0. The zero-order valence-corrected chi connectivity index (χ0v) is 13.7. The Hall–Kier alpha value is -2.35. The Morgan fingerprint density at radius 3 is 3.00 bits per heavy atom. The third-order valence-corrected chi connectivity index (χ3v) is 3.91. The van der Waals surface area contributed by atoms with E-state index in [1.165, 1.54) is 6.20 Å². The first-order chi connectivity index (χ1) is 12.1. The second-order valence-electron chi connectivity index (χ2n) is 5.64. The molecule has 0 aliphatic carbocycles. The molecule has 2 aromatic rings. The van der Waals surface area contributed by atoms with Crippen LogP contribution in [0.2, 0.25) is 0 Å². The second kappa shape index (κ2) is 7.69. The molecule has 0 spiro atoms. The number of pyridine rings is 2. The maximum absolute atomic E-state index is 13.5. The molecule has 1 fully saturated rings. The van der Waals surface area contributed by atoms with Gasteiger partial charge in [-0.2, -0.15) is 0 Å². The second-order valence-corrected chi connectivity index (χ2v) is 5.64. The number of alkyl halides is 2. The van der Waals surface area contributed by atoms with Crippen LogP contribution in [0.25, 0.3) is 11.0 Å². The summed E-state index contributed by atoms with van der Waals surface area (Å²) in [4.78, 5) is 20.2. The van der Waals surface area contributed by atoms with E-state index < -0.39 is 18.1 Å². The highest BCUT2D eigenvalue weighted by Crippen LogP contribution is 2.35. The smallest absolute Gasteiger partial charge is 0.344 e. The van der Waals surface area contributed by atoms with E-state index >= 15 is 0 Å². The van der Waals surface area contributed by atoms with Gasteiger partial charge in [-0.25, -0.2) is 23.5 Å². The highest BCUT2D eigenvalue weighted by atomic mass is 19.3. The summed E-state index contributed by atoms with van der Waals surface area (Å²) in [5.41, 5.74) is -0.915. The molecule has 1 aliphatic rings. The highest BCUT2D eigenvalue weighted by molar-refractivity contribution is 6.00. The number of carbonyl (C=O) groups is 1. The minimum Gasteiger partial charge on any atom is -0.491 e. The molecule has 1 unspecified atom stereocenters. The largest absolute Gasteiger partial charge is 0.491 e. The van der Waals surface area contributed by atoms with Gasteiger partial charge in [0, 0.05) is 18.7 Å². The molecule has 25 heavy (non-hydrogen) atoms. The van der Waals surface area contributed by atoms with Gasteiger partial charge in [0.1, 0.15) is 17.0 Å². The summed E-state index contributed by atoms with van der Waals surface area (Å²) in [5, 5.41) is 0.397. The van der Waals surface area contributed by atoms with E-state index in [-0.39, 0.29) is 36.1 Å². The number of halogens is 2. The SMILES string of the molecule is CCOC(=O)c1c(C(F)F)nc2ncccc2c1OCC1CCOC1. The number of aromatic nitrogens is 2. The van der Waals surface area contributed by atoms with Crippen LogP contribution in [0.1, 0.15) is 35.8 Å². The van der Waals surface area contributed by atoms with Gasteiger partial charge >= 0.3 is 5.97 Å². The third kappa shape index (κ3) is 3.68. The van der Waals surface area contributed by atoms with Crippen LogP contribution >= 0.6 is 0 Å². The Kier molecular flexibility index (Phi) is 5.37. The van der Waals surface area contributed by atoms with Gasteiger partial charge in [0.25, 0.3) is 6.43 Å². The van der Waals surface area contributed by atoms with Crippen molar-refractivity contribution in [3.8, 4) is 5.75 Å².